The Morgan fingerprint density at radius 2 is 2.07 bits per heavy atom. The summed E-state index contributed by atoms with van der Waals surface area (Å²) in [6, 6.07) is 6.88. The maximum Gasteiger partial charge on any atom is 0.126 e. The molecule has 0 aliphatic rings. The van der Waals surface area contributed by atoms with E-state index in [1.165, 1.54) is 6.07 Å². The van der Waals surface area contributed by atoms with E-state index in [0.29, 0.717) is 5.56 Å². The van der Waals surface area contributed by atoms with E-state index >= 15 is 0 Å². The summed E-state index contributed by atoms with van der Waals surface area (Å²) < 4.78 is 13.3. The molecule has 0 aliphatic heterocycles. The van der Waals surface area contributed by atoms with Crippen molar-refractivity contribution in [3.05, 3.63) is 57.5 Å². The fourth-order valence-corrected chi connectivity index (χ4v) is 2.14. The van der Waals surface area contributed by atoms with Crippen LogP contribution in [0.2, 0.25) is 0 Å². The van der Waals surface area contributed by atoms with Crippen LogP contribution in [0.3, 0.4) is 0 Å². The first-order valence-electron chi connectivity index (χ1n) is 4.72. The Bertz CT molecular complexity index is 451. The molecule has 1 aromatic heterocycles. The van der Waals surface area contributed by atoms with Crippen LogP contribution in [0.15, 0.2) is 35.0 Å². The van der Waals surface area contributed by atoms with Crippen LogP contribution in [0.25, 0.3) is 0 Å². The fraction of sp³-hybridized carbons (Fsp3) is 0.167. The van der Waals surface area contributed by atoms with Gasteiger partial charge in [-0.05, 0) is 46.5 Å². The van der Waals surface area contributed by atoms with Gasteiger partial charge in [-0.2, -0.15) is 11.3 Å². The topological polar surface area (TPSA) is 26.0 Å². The molecule has 0 unspecified atom stereocenters. The number of aryl methyl sites for hydroxylation is 1. The van der Waals surface area contributed by atoms with Gasteiger partial charge in [0.15, 0.2) is 0 Å². The Morgan fingerprint density at radius 1 is 1.27 bits per heavy atom. The molecular weight excluding hydrogens is 209 g/mol. The van der Waals surface area contributed by atoms with Gasteiger partial charge in [-0.25, -0.2) is 4.39 Å². The number of nitrogens with two attached hydrogens (primary N) is 1. The monoisotopic (exact) mass is 221 g/mol. The van der Waals surface area contributed by atoms with E-state index in [9.17, 15) is 4.39 Å². The normalized spacial score (nSPS) is 12.7. The average Bonchev–Trinajstić information content (AvgIpc) is 2.74. The van der Waals surface area contributed by atoms with Gasteiger partial charge in [0, 0.05) is 0 Å². The predicted octanol–water partition coefficient (Wildman–Crippen LogP) is 3.24. The number of hydrogen-bond donors (Lipinski definition) is 1. The van der Waals surface area contributed by atoms with Crippen molar-refractivity contribution in [2.75, 3.05) is 0 Å². The highest BCUT2D eigenvalue weighted by Crippen LogP contribution is 2.23. The van der Waals surface area contributed by atoms with Gasteiger partial charge >= 0.3 is 0 Å². The molecule has 0 aliphatic carbocycles. The summed E-state index contributed by atoms with van der Waals surface area (Å²) in [6.07, 6.45) is 0. The van der Waals surface area contributed by atoms with Crippen molar-refractivity contribution in [2.24, 2.45) is 5.73 Å². The zero-order valence-electron chi connectivity index (χ0n) is 8.41. The highest BCUT2D eigenvalue weighted by molar-refractivity contribution is 7.08. The third-order valence-corrected chi connectivity index (χ3v) is 3.16. The third kappa shape index (κ3) is 2.08. The van der Waals surface area contributed by atoms with Gasteiger partial charge in [0.1, 0.15) is 5.82 Å². The van der Waals surface area contributed by atoms with E-state index in [1.54, 1.807) is 24.3 Å². The van der Waals surface area contributed by atoms with Crippen molar-refractivity contribution < 1.29 is 4.39 Å². The maximum absolute atomic E-state index is 13.3. The van der Waals surface area contributed by atoms with Gasteiger partial charge in [0.2, 0.25) is 0 Å². The van der Waals surface area contributed by atoms with E-state index in [4.69, 9.17) is 5.73 Å². The molecule has 0 amide bonds. The standard InChI is InChI=1S/C12H12FNS/c1-8-2-3-9(6-11(8)13)12(14)10-4-5-15-7-10/h2-7,12H,14H2,1H3/t12-/m0/s1. The van der Waals surface area contributed by atoms with Crippen LogP contribution >= 0.6 is 11.3 Å². The highest BCUT2D eigenvalue weighted by Gasteiger charge is 2.10. The quantitative estimate of drug-likeness (QED) is 0.827. The summed E-state index contributed by atoms with van der Waals surface area (Å²) in [4.78, 5) is 0. The van der Waals surface area contributed by atoms with E-state index in [-0.39, 0.29) is 11.9 Å². The van der Waals surface area contributed by atoms with E-state index < -0.39 is 0 Å². The molecule has 0 bridgehead atoms. The highest BCUT2D eigenvalue weighted by atomic mass is 32.1. The summed E-state index contributed by atoms with van der Waals surface area (Å²) >= 11 is 1.60. The Balaban J connectivity index is 2.34. The zero-order chi connectivity index (χ0) is 10.8. The molecule has 2 N–H and O–H groups in total. The van der Waals surface area contributed by atoms with Crippen LogP contribution in [0.1, 0.15) is 22.7 Å². The van der Waals surface area contributed by atoms with Crippen molar-refractivity contribution >= 4 is 11.3 Å². The summed E-state index contributed by atoms with van der Waals surface area (Å²) in [5.41, 5.74) is 8.52. The lowest BCUT2D eigenvalue weighted by Gasteiger charge is -2.11. The molecule has 0 saturated heterocycles. The predicted molar refractivity (Wildman–Crippen MR) is 61.5 cm³/mol. The second-order valence-corrected chi connectivity index (χ2v) is 4.32. The molecule has 0 fully saturated rings. The molecule has 1 heterocycles. The Labute approximate surface area is 92.4 Å². The molecule has 1 nitrogen and oxygen atoms in total. The van der Waals surface area contributed by atoms with Crippen molar-refractivity contribution in [3.8, 4) is 0 Å². The molecule has 1 atom stereocenters. The first-order chi connectivity index (χ1) is 7.18. The van der Waals surface area contributed by atoms with Crippen molar-refractivity contribution in [1.82, 2.24) is 0 Å². The molecule has 2 aromatic rings. The lowest BCUT2D eigenvalue weighted by Crippen LogP contribution is -2.11. The summed E-state index contributed by atoms with van der Waals surface area (Å²) in [5, 5.41) is 3.96. The van der Waals surface area contributed by atoms with Crippen LogP contribution in [0.5, 0.6) is 0 Å². The number of thiophene rings is 1. The summed E-state index contributed by atoms with van der Waals surface area (Å²) in [6.45, 7) is 1.75. The molecule has 0 saturated carbocycles. The first-order valence-corrected chi connectivity index (χ1v) is 5.66. The molecule has 3 heteroatoms. The van der Waals surface area contributed by atoms with Crippen LogP contribution in [-0.4, -0.2) is 0 Å². The number of halogens is 1. The van der Waals surface area contributed by atoms with Gasteiger partial charge in [-0.3, -0.25) is 0 Å². The van der Waals surface area contributed by atoms with Crippen molar-refractivity contribution in [1.29, 1.82) is 0 Å². The number of benzene rings is 1. The van der Waals surface area contributed by atoms with Gasteiger partial charge in [-0.1, -0.05) is 12.1 Å². The molecular formula is C12H12FNS. The zero-order valence-corrected chi connectivity index (χ0v) is 9.22. The molecule has 2 rings (SSSR count). The lowest BCUT2D eigenvalue weighted by molar-refractivity contribution is 0.614. The van der Waals surface area contributed by atoms with E-state index in [0.717, 1.165) is 11.1 Å². The molecule has 0 radical (unpaired) electrons. The van der Waals surface area contributed by atoms with Crippen molar-refractivity contribution in [3.63, 3.8) is 0 Å². The third-order valence-electron chi connectivity index (χ3n) is 2.46. The number of hydrogen-bond acceptors (Lipinski definition) is 2. The molecule has 78 valence electrons. The lowest BCUT2D eigenvalue weighted by atomic mass is 10.0. The minimum Gasteiger partial charge on any atom is -0.320 e. The maximum atomic E-state index is 13.3. The molecule has 0 spiro atoms. The fourth-order valence-electron chi connectivity index (χ4n) is 1.45. The SMILES string of the molecule is Cc1ccc([C@H](N)c2ccsc2)cc1F. The molecule has 15 heavy (non-hydrogen) atoms. The van der Waals surface area contributed by atoms with Crippen LogP contribution in [0.4, 0.5) is 4.39 Å². The Morgan fingerprint density at radius 3 is 2.67 bits per heavy atom. The van der Waals surface area contributed by atoms with Crippen LogP contribution in [0, 0.1) is 12.7 Å². The average molecular weight is 221 g/mol. The van der Waals surface area contributed by atoms with E-state index in [1.807, 2.05) is 22.9 Å². The first kappa shape index (κ1) is 10.3. The van der Waals surface area contributed by atoms with Gasteiger partial charge in [-0.15, -0.1) is 0 Å². The smallest absolute Gasteiger partial charge is 0.126 e. The Kier molecular flexibility index (Phi) is 2.84. The summed E-state index contributed by atoms with van der Waals surface area (Å²) in [5.74, 6) is -0.196. The second-order valence-electron chi connectivity index (χ2n) is 3.54. The largest absolute Gasteiger partial charge is 0.320 e. The van der Waals surface area contributed by atoms with Crippen molar-refractivity contribution in [2.45, 2.75) is 13.0 Å². The van der Waals surface area contributed by atoms with Gasteiger partial charge in [0.25, 0.3) is 0 Å². The minimum absolute atomic E-state index is 0.196. The summed E-state index contributed by atoms with van der Waals surface area (Å²) in [7, 11) is 0. The molecule has 1 aromatic carbocycles. The number of rotatable bonds is 2. The van der Waals surface area contributed by atoms with Gasteiger partial charge in [0.05, 0.1) is 6.04 Å². The van der Waals surface area contributed by atoms with Crippen LogP contribution < -0.4 is 5.73 Å². The Hall–Kier alpha value is -1.19. The van der Waals surface area contributed by atoms with Crippen LogP contribution in [-0.2, 0) is 0 Å². The van der Waals surface area contributed by atoms with Gasteiger partial charge < -0.3 is 5.73 Å². The minimum atomic E-state index is -0.230. The second kappa shape index (κ2) is 4.13. The van der Waals surface area contributed by atoms with E-state index in [2.05, 4.69) is 0 Å².